The molecule has 4 aromatic heterocycles. The number of rotatable bonds is 5. The van der Waals surface area contributed by atoms with Gasteiger partial charge in [0.1, 0.15) is 27.8 Å². The number of hydrogen-bond donors (Lipinski definition) is 0. The number of aromatic nitrogens is 2. The number of anilines is 3. The van der Waals surface area contributed by atoms with Gasteiger partial charge in [0, 0.05) is 73.1 Å². The summed E-state index contributed by atoms with van der Waals surface area (Å²) in [6.07, 6.45) is 0. The Bertz CT molecular complexity index is 3440. The van der Waals surface area contributed by atoms with Gasteiger partial charge in [-0.3, -0.25) is 0 Å². The van der Waals surface area contributed by atoms with Crippen molar-refractivity contribution >= 4 is 93.8 Å². The number of benzene rings is 8. The zero-order valence-corrected chi connectivity index (χ0v) is 29.3. The van der Waals surface area contributed by atoms with Gasteiger partial charge in [0.25, 0.3) is 0 Å². The first-order chi connectivity index (χ1) is 27.2. The molecule has 0 amide bonds. The van der Waals surface area contributed by atoms with Gasteiger partial charge in [0.2, 0.25) is 5.89 Å². The third kappa shape index (κ3) is 4.52. The van der Waals surface area contributed by atoms with Crippen LogP contribution in [0.4, 0.5) is 17.1 Å². The lowest BCUT2D eigenvalue weighted by Crippen LogP contribution is -2.10. The first kappa shape index (κ1) is 29.9. The fraction of sp³-hybridized carbons (Fsp3) is 0. The zero-order chi connectivity index (χ0) is 36.0. The molecule has 0 spiro atoms. The molecule has 0 aliphatic carbocycles. The monoisotopic (exact) mass is 707 g/mol. The van der Waals surface area contributed by atoms with E-state index in [0.29, 0.717) is 11.5 Å². The molecule has 0 aliphatic rings. The van der Waals surface area contributed by atoms with Gasteiger partial charge in [-0.15, -0.1) is 0 Å². The summed E-state index contributed by atoms with van der Waals surface area (Å²) in [5.74, 6) is 0.592. The van der Waals surface area contributed by atoms with Gasteiger partial charge in [-0.05, 0) is 78.9 Å². The molecule has 258 valence electrons. The summed E-state index contributed by atoms with van der Waals surface area (Å²) in [6, 6.07) is 60.9. The first-order valence-electron chi connectivity index (χ1n) is 18.4. The maximum Gasteiger partial charge on any atom is 0.227 e. The van der Waals surface area contributed by atoms with Crippen LogP contribution in [0.5, 0.6) is 0 Å². The topological polar surface area (TPSA) is 60.5 Å². The highest BCUT2D eigenvalue weighted by molar-refractivity contribution is 6.17. The molecule has 6 nitrogen and oxygen atoms in total. The van der Waals surface area contributed by atoms with Crippen LogP contribution >= 0.6 is 0 Å². The smallest absolute Gasteiger partial charge is 0.227 e. The van der Waals surface area contributed by atoms with Gasteiger partial charge < -0.3 is 22.7 Å². The van der Waals surface area contributed by atoms with Crippen molar-refractivity contribution in [2.24, 2.45) is 0 Å². The van der Waals surface area contributed by atoms with E-state index in [0.717, 1.165) is 94.1 Å². The summed E-state index contributed by atoms with van der Waals surface area (Å²) in [4.78, 5) is 7.16. The molecule has 0 fully saturated rings. The third-order valence-electron chi connectivity index (χ3n) is 10.8. The Kier molecular flexibility index (Phi) is 6.24. The third-order valence-corrected chi connectivity index (χ3v) is 10.8. The van der Waals surface area contributed by atoms with Crippen LogP contribution in [0, 0.1) is 0 Å². The van der Waals surface area contributed by atoms with Gasteiger partial charge >= 0.3 is 0 Å². The van der Waals surface area contributed by atoms with Crippen LogP contribution < -0.4 is 4.90 Å². The van der Waals surface area contributed by atoms with Gasteiger partial charge in [-0.1, -0.05) is 78.9 Å². The van der Waals surface area contributed by atoms with Crippen LogP contribution in [0.1, 0.15) is 0 Å². The Morgan fingerprint density at radius 1 is 0.418 bits per heavy atom. The Morgan fingerprint density at radius 2 is 1.04 bits per heavy atom. The van der Waals surface area contributed by atoms with Crippen molar-refractivity contribution in [2.45, 2.75) is 0 Å². The Morgan fingerprint density at radius 3 is 1.84 bits per heavy atom. The molecule has 0 bridgehead atoms. The van der Waals surface area contributed by atoms with Crippen LogP contribution in [0.15, 0.2) is 189 Å². The van der Waals surface area contributed by atoms with Crippen molar-refractivity contribution in [3.05, 3.63) is 176 Å². The van der Waals surface area contributed by atoms with E-state index < -0.39 is 0 Å². The molecule has 4 heterocycles. The van der Waals surface area contributed by atoms with E-state index >= 15 is 0 Å². The van der Waals surface area contributed by atoms with Crippen molar-refractivity contribution in [1.29, 1.82) is 0 Å². The lowest BCUT2D eigenvalue weighted by Gasteiger charge is -2.26. The standard InChI is InChI=1S/C49H29N3O3/c1-3-12-30(13-4-1)49-50-39-28-38-36-25-23-33(27-45(36)54-46(38)29-47(39)55-49)51(32-22-24-35-34-16-8-10-21-43(34)53-44(35)26-32)41-19-11-20-42-48(41)37-17-7-9-18-40(37)52(42)31-14-5-2-6-15-31/h1-29H. The maximum absolute atomic E-state index is 6.63. The molecule has 0 saturated carbocycles. The molecular weight excluding hydrogens is 679 g/mol. The van der Waals surface area contributed by atoms with E-state index in [-0.39, 0.29) is 0 Å². The average Bonchev–Trinajstić information content (AvgIpc) is 4.00. The minimum Gasteiger partial charge on any atom is -0.456 e. The summed E-state index contributed by atoms with van der Waals surface area (Å²) in [7, 11) is 0. The van der Waals surface area contributed by atoms with Gasteiger partial charge in [0.15, 0.2) is 5.58 Å². The highest BCUT2D eigenvalue weighted by Gasteiger charge is 2.23. The van der Waals surface area contributed by atoms with Crippen LogP contribution in [0.25, 0.3) is 93.9 Å². The van der Waals surface area contributed by atoms with E-state index in [2.05, 4.69) is 137 Å². The van der Waals surface area contributed by atoms with Crippen LogP contribution in [-0.4, -0.2) is 9.55 Å². The predicted octanol–water partition coefficient (Wildman–Crippen LogP) is 13.9. The molecule has 0 atom stereocenters. The van der Waals surface area contributed by atoms with Gasteiger partial charge in [-0.2, -0.15) is 0 Å². The first-order valence-corrected chi connectivity index (χ1v) is 18.4. The second kappa shape index (κ2) is 11.5. The van der Waals surface area contributed by atoms with Crippen LogP contribution in [-0.2, 0) is 0 Å². The van der Waals surface area contributed by atoms with Crippen LogP contribution in [0.2, 0.25) is 0 Å². The molecule has 6 heteroatoms. The number of hydrogen-bond acceptors (Lipinski definition) is 5. The Labute approximate surface area is 313 Å². The minimum atomic E-state index is 0.592. The number of para-hydroxylation sites is 3. The molecule has 0 unspecified atom stereocenters. The van der Waals surface area contributed by atoms with Crippen molar-refractivity contribution in [2.75, 3.05) is 4.90 Å². The van der Waals surface area contributed by atoms with Gasteiger partial charge in [0.05, 0.1) is 16.7 Å². The fourth-order valence-electron chi connectivity index (χ4n) is 8.35. The Hall–Kier alpha value is -7.57. The van der Waals surface area contributed by atoms with E-state index in [4.69, 9.17) is 18.2 Å². The molecule has 0 saturated heterocycles. The second-order valence-corrected chi connectivity index (χ2v) is 14.0. The maximum atomic E-state index is 6.63. The highest BCUT2D eigenvalue weighted by atomic mass is 16.4. The summed E-state index contributed by atoms with van der Waals surface area (Å²) in [5, 5.41) is 6.50. The summed E-state index contributed by atoms with van der Waals surface area (Å²) in [6.45, 7) is 0. The predicted molar refractivity (Wildman–Crippen MR) is 223 cm³/mol. The average molecular weight is 708 g/mol. The SMILES string of the molecule is c1ccc(-c2nc3cc4c(cc3o2)oc2cc(N(c3ccc5c(c3)oc3ccccc35)c3cccc5c3c3ccccc3n5-c3ccccc3)ccc24)cc1. The van der Waals surface area contributed by atoms with Crippen molar-refractivity contribution in [1.82, 2.24) is 9.55 Å². The van der Waals surface area contributed by atoms with Gasteiger partial charge in [-0.25, -0.2) is 4.98 Å². The molecule has 0 N–H and O–H groups in total. The van der Waals surface area contributed by atoms with Crippen molar-refractivity contribution < 1.29 is 13.3 Å². The molecular formula is C49H29N3O3. The Balaban J connectivity index is 1.09. The molecule has 8 aromatic carbocycles. The lowest BCUT2D eigenvalue weighted by molar-refractivity contribution is 0.617. The number of furan rings is 2. The fourth-order valence-corrected chi connectivity index (χ4v) is 8.35. The molecule has 0 radical (unpaired) electrons. The quantitative estimate of drug-likeness (QED) is 0.178. The molecule has 0 aliphatic heterocycles. The largest absolute Gasteiger partial charge is 0.456 e. The van der Waals surface area contributed by atoms with E-state index in [1.54, 1.807) is 0 Å². The van der Waals surface area contributed by atoms with Crippen molar-refractivity contribution in [3.63, 3.8) is 0 Å². The van der Waals surface area contributed by atoms with E-state index in [1.165, 1.54) is 5.39 Å². The van der Waals surface area contributed by atoms with E-state index in [9.17, 15) is 0 Å². The molecule has 12 rings (SSSR count). The zero-order valence-electron chi connectivity index (χ0n) is 29.3. The number of fused-ring (bicyclic) bond motifs is 10. The number of oxazole rings is 1. The van der Waals surface area contributed by atoms with Crippen LogP contribution in [0.3, 0.4) is 0 Å². The molecule has 12 aromatic rings. The van der Waals surface area contributed by atoms with Crippen molar-refractivity contribution in [3.8, 4) is 17.1 Å². The number of nitrogens with zero attached hydrogens (tertiary/aromatic N) is 3. The summed E-state index contributed by atoms with van der Waals surface area (Å²) < 4.78 is 21.6. The normalized spacial score (nSPS) is 12.0. The lowest BCUT2D eigenvalue weighted by atomic mass is 10.1. The highest BCUT2D eigenvalue weighted by Crippen LogP contribution is 2.46. The summed E-state index contributed by atoms with van der Waals surface area (Å²) in [5.41, 5.74) is 12.0. The summed E-state index contributed by atoms with van der Waals surface area (Å²) >= 11 is 0. The minimum absolute atomic E-state index is 0.592. The second-order valence-electron chi connectivity index (χ2n) is 14.0. The van der Waals surface area contributed by atoms with E-state index in [1.807, 2.05) is 48.5 Å². The molecule has 55 heavy (non-hydrogen) atoms.